The van der Waals surface area contributed by atoms with Crippen LogP contribution in [0.15, 0.2) is 47.9 Å². The third-order valence-electron chi connectivity index (χ3n) is 4.00. The van der Waals surface area contributed by atoms with Crippen LogP contribution in [0.5, 0.6) is 0 Å². The normalized spacial score (nSPS) is 19.5. The van der Waals surface area contributed by atoms with Crippen LogP contribution in [0.3, 0.4) is 0 Å². The average molecular weight is 327 g/mol. The van der Waals surface area contributed by atoms with Crippen molar-refractivity contribution < 1.29 is 19.3 Å². The summed E-state index contributed by atoms with van der Waals surface area (Å²) >= 11 is 0. The molecule has 1 aliphatic carbocycles. The molecule has 0 bridgehead atoms. The third kappa shape index (κ3) is 3.80. The van der Waals surface area contributed by atoms with Crippen molar-refractivity contribution in [3.8, 4) is 0 Å². The van der Waals surface area contributed by atoms with E-state index in [1.807, 2.05) is 30.4 Å². The van der Waals surface area contributed by atoms with Gasteiger partial charge in [-0.25, -0.2) is 0 Å². The Bertz CT molecular complexity index is 690. The Morgan fingerprint density at radius 2 is 2.29 bits per heavy atom. The molecule has 1 aromatic rings. The number of hydrogen-bond donors (Lipinski definition) is 0. The van der Waals surface area contributed by atoms with E-state index in [9.17, 15) is 4.79 Å². The second-order valence-electron chi connectivity index (χ2n) is 5.79. The predicted octanol–water partition coefficient (Wildman–Crippen LogP) is 3.64. The van der Waals surface area contributed by atoms with Gasteiger partial charge in [-0.15, -0.1) is 0 Å². The van der Waals surface area contributed by atoms with Crippen molar-refractivity contribution in [2.45, 2.75) is 32.3 Å². The number of ether oxygens (including phenoxy) is 1. The second-order valence-corrected chi connectivity index (χ2v) is 5.79. The van der Waals surface area contributed by atoms with Gasteiger partial charge in [-0.3, -0.25) is 9.78 Å². The number of fused-ring (bicyclic) bond motifs is 1. The van der Waals surface area contributed by atoms with Crippen LogP contribution in [-0.2, 0) is 14.5 Å². The smallest absolute Gasteiger partial charge is 0.169 e. The van der Waals surface area contributed by atoms with Crippen molar-refractivity contribution in [3.05, 3.63) is 59.1 Å². The van der Waals surface area contributed by atoms with Gasteiger partial charge in [0.1, 0.15) is 11.8 Å². The zero-order chi connectivity index (χ0) is 16.8. The van der Waals surface area contributed by atoms with E-state index in [0.29, 0.717) is 24.5 Å². The van der Waals surface area contributed by atoms with Gasteiger partial charge in [0.25, 0.3) is 0 Å². The van der Waals surface area contributed by atoms with Crippen LogP contribution in [0, 0.1) is 0 Å². The molecular formula is C19H21NO4. The summed E-state index contributed by atoms with van der Waals surface area (Å²) in [5.41, 5.74) is 3.39. The van der Waals surface area contributed by atoms with Gasteiger partial charge in [0.15, 0.2) is 12.0 Å². The van der Waals surface area contributed by atoms with Gasteiger partial charge in [-0.05, 0) is 30.2 Å². The van der Waals surface area contributed by atoms with Crippen LogP contribution in [0.4, 0.5) is 0 Å². The highest BCUT2D eigenvalue weighted by Gasteiger charge is 2.24. The number of pyridine rings is 1. The van der Waals surface area contributed by atoms with Crippen molar-refractivity contribution in [1.82, 2.24) is 4.98 Å². The van der Waals surface area contributed by atoms with Gasteiger partial charge in [0, 0.05) is 30.4 Å². The fourth-order valence-corrected chi connectivity index (χ4v) is 2.71. The largest absolute Gasteiger partial charge is 0.378 e. The van der Waals surface area contributed by atoms with Crippen LogP contribution < -0.4 is 0 Å². The van der Waals surface area contributed by atoms with E-state index in [4.69, 9.17) is 14.5 Å². The molecule has 1 aromatic heterocycles. The molecule has 2 aliphatic rings. The quantitative estimate of drug-likeness (QED) is 0.435. The molecular weight excluding hydrogens is 306 g/mol. The maximum absolute atomic E-state index is 11.2. The summed E-state index contributed by atoms with van der Waals surface area (Å²) in [6.07, 6.45) is 10.9. The summed E-state index contributed by atoms with van der Waals surface area (Å²) in [5, 5.41) is 0. The highest BCUT2D eigenvalue weighted by Crippen LogP contribution is 2.35. The van der Waals surface area contributed by atoms with Gasteiger partial charge in [0.05, 0.1) is 6.61 Å². The minimum atomic E-state index is -0.215. The van der Waals surface area contributed by atoms with Crippen molar-refractivity contribution in [2.24, 2.45) is 0 Å². The summed E-state index contributed by atoms with van der Waals surface area (Å²) in [5.74, 6) is 0.708. The van der Waals surface area contributed by atoms with Crippen molar-refractivity contribution in [1.29, 1.82) is 0 Å². The SMILES string of the molecule is CCCCOCC1C=C2CC(c3cccnc3C=O)=CC=C2OO1. The van der Waals surface area contributed by atoms with Gasteiger partial charge in [0.2, 0.25) is 0 Å². The molecule has 1 unspecified atom stereocenters. The van der Waals surface area contributed by atoms with Crippen LogP contribution >= 0.6 is 0 Å². The molecule has 1 aliphatic heterocycles. The lowest BCUT2D eigenvalue weighted by Crippen LogP contribution is -2.24. The number of aromatic nitrogens is 1. The molecule has 0 N–H and O–H groups in total. The minimum absolute atomic E-state index is 0.215. The molecule has 24 heavy (non-hydrogen) atoms. The monoisotopic (exact) mass is 327 g/mol. The zero-order valence-electron chi connectivity index (χ0n) is 13.7. The standard InChI is InChI=1S/C19H21NO4/c1-2-3-9-22-13-16-11-15-10-14(6-7-19(15)24-23-16)17-5-4-8-20-18(17)12-21/h4-8,11-12,16H,2-3,9-10,13H2,1H3. The van der Waals surface area contributed by atoms with E-state index in [0.717, 1.165) is 42.4 Å². The van der Waals surface area contributed by atoms with Gasteiger partial charge in [-0.2, -0.15) is 4.89 Å². The molecule has 0 spiro atoms. The molecule has 1 atom stereocenters. The van der Waals surface area contributed by atoms with Crippen molar-refractivity contribution in [3.63, 3.8) is 0 Å². The first-order chi connectivity index (χ1) is 11.8. The number of nitrogens with zero attached hydrogens (tertiary/aromatic N) is 1. The summed E-state index contributed by atoms with van der Waals surface area (Å²) in [6.45, 7) is 3.33. The molecule has 0 radical (unpaired) electrons. The van der Waals surface area contributed by atoms with Crippen LogP contribution in [-0.4, -0.2) is 30.6 Å². The van der Waals surface area contributed by atoms with Crippen LogP contribution in [0.2, 0.25) is 0 Å². The average Bonchev–Trinajstić information content (AvgIpc) is 2.64. The number of carbonyl (C=O) groups is 1. The van der Waals surface area contributed by atoms with E-state index >= 15 is 0 Å². The van der Waals surface area contributed by atoms with E-state index in [2.05, 4.69) is 11.9 Å². The summed E-state index contributed by atoms with van der Waals surface area (Å²) in [7, 11) is 0. The Labute approximate surface area is 141 Å². The Hall–Kier alpha value is -2.24. The lowest BCUT2D eigenvalue weighted by Gasteiger charge is -2.26. The fraction of sp³-hybridized carbons (Fsp3) is 0.368. The van der Waals surface area contributed by atoms with Crippen LogP contribution in [0.25, 0.3) is 5.57 Å². The number of carbonyl (C=O) groups excluding carboxylic acids is 1. The van der Waals surface area contributed by atoms with E-state index in [-0.39, 0.29) is 6.10 Å². The lowest BCUT2D eigenvalue weighted by atomic mass is 9.91. The maximum atomic E-state index is 11.2. The molecule has 5 nitrogen and oxygen atoms in total. The number of unbranched alkanes of at least 4 members (excludes halogenated alkanes) is 1. The molecule has 0 aromatic carbocycles. The molecule has 5 heteroatoms. The van der Waals surface area contributed by atoms with Crippen molar-refractivity contribution in [2.75, 3.05) is 13.2 Å². The third-order valence-corrected chi connectivity index (χ3v) is 4.00. The fourth-order valence-electron chi connectivity index (χ4n) is 2.71. The lowest BCUT2D eigenvalue weighted by molar-refractivity contribution is -0.294. The van der Waals surface area contributed by atoms with E-state index in [1.165, 1.54) is 0 Å². The Morgan fingerprint density at radius 1 is 1.38 bits per heavy atom. The molecule has 0 saturated carbocycles. The molecule has 0 amide bonds. The summed E-state index contributed by atoms with van der Waals surface area (Å²) in [4.78, 5) is 26.0. The molecule has 3 rings (SSSR count). The highest BCUT2D eigenvalue weighted by molar-refractivity contribution is 5.85. The number of allylic oxidation sites excluding steroid dienone is 4. The first-order valence-corrected chi connectivity index (χ1v) is 8.25. The minimum Gasteiger partial charge on any atom is -0.378 e. The molecule has 0 fully saturated rings. The Balaban J connectivity index is 1.72. The Kier molecular flexibility index (Phi) is 5.56. The number of aldehydes is 1. The van der Waals surface area contributed by atoms with E-state index < -0.39 is 0 Å². The summed E-state index contributed by atoms with van der Waals surface area (Å²) < 4.78 is 5.60. The van der Waals surface area contributed by atoms with Gasteiger partial charge < -0.3 is 9.62 Å². The maximum Gasteiger partial charge on any atom is 0.169 e. The van der Waals surface area contributed by atoms with Crippen LogP contribution in [0.1, 0.15) is 42.2 Å². The highest BCUT2D eigenvalue weighted by atomic mass is 17.2. The Morgan fingerprint density at radius 3 is 3.12 bits per heavy atom. The van der Waals surface area contributed by atoms with Crippen molar-refractivity contribution >= 4 is 11.9 Å². The number of hydrogen-bond acceptors (Lipinski definition) is 5. The molecule has 2 heterocycles. The van der Waals surface area contributed by atoms with Gasteiger partial charge >= 0.3 is 0 Å². The first kappa shape index (κ1) is 16.6. The van der Waals surface area contributed by atoms with Gasteiger partial charge in [-0.1, -0.05) is 25.5 Å². The number of rotatable bonds is 7. The first-order valence-electron chi connectivity index (χ1n) is 8.25. The molecule has 126 valence electrons. The topological polar surface area (TPSA) is 57.7 Å². The molecule has 0 saturated heterocycles. The van der Waals surface area contributed by atoms with E-state index in [1.54, 1.807) is 6.20 Å². The second kappa shape index (κ2) is 8.04. The predicted molar refractivity (Wildman–Crippen MR) is 90.1 cm³/mol. The zero-order valence-corrected chi connectivity index (χ0v) is 13.7. The summed E-state index contributed by atoms with van der Waals surface area (Å²) in [6, 6.07) is 3.75.